The summed E-state index contributed by atoms with van der Waals surface area (Å²) in [4.78, 5) is 19.1. The predicted molar refractivity (Wildman–Crippen MR) is 103 cm³/mol. The van der Waals surface area contributed by atoms with E-state index < -0.39 is 0 Å². The molecule has 6 heteroatoms. The Morgan fingerprint density at radius 3 is 2.65 bits per heavy atom. The summed E-state index contributed by atoms with van der Waals surface area (Å²) >= 11 is 0. The minimum atomic E-state index is -0.355. The van der Waals surface area contributed by atoms with Crippen LogP contribution in [0.5, 0.6) is 5.75 Å². The molecule has 0 radical (unpaired) electrons. The van der Waals surface area contributed by atoms with Crippen LogP contribution in [0.3, 0.4) is 0 Å². The Bertz CT molecular complexity index is 726. The van der Waals surface area contributed by atoms with Gasteiger partial charge in [0.15, 0.2) is 0 Å². The molecule has 0 saturated heterocycles. The number of nitrogens with one attached hydrogen (secondary N) is 1. The topological polar surface area (TPSA) is 59.4 Å². The molecule has 0 aliphatic heterocycles. The van der Waals surface area contributed by atoms with Gasteiger partial charge in [0.2, 0.25) is 0 Å². The van der Waals surface area contributed by atoms with E-state index in [-0.39, 0.29) is 18.1 Å². The van der Waals surface area contributed by atoms with Crippen molar-refractivity contribution in [3.63, 3.8) is 0 Å². The average molecular weight is 358 g/mol. The zero-order valence-corrected chi connectivity index (χ0v) is 16.6. The van der Waals surface area contributed by atoms with E-state index in [9.17, 15) is 4.79 Å². The summed E-state index contributed by atoms with van der Waals surface area (Å²) in [5.74, 6) is 2.05. The van der Waals surface area contributed by atoms with E-state index in [1.54, 1.807) is 18.2 Å². The van der Waals surface area contributed by atoms with Crippen LogP contribution in [0.2, 0.25) is 0 Å². The van der Waals surface area contributed by atoms with Crippen LogP contribution in [-0.4, -0.2) is 40.7 Å². The normalized spacial score (nSPS) is 13.3. The molecular formula is C20H30N4O2. The van der Waals surface area contributed by atoms with Crippen molar-refractivity contribution in [1.29, 1.82) is 0 Å². The molecule has 2 aromatic rings. The lowest BCUT2D eigenvalue weighted by atomic mass is 10.0. The minimum Gasteiger partial charge on any atom is -0.497 e. The maximum Gasteiger partial charge on any atom is 0.318 e. The molecular weight excluding hydrogens is 328 g/mol. The number of rotatable bonds is 7. The Kier molecular flexibility index (Phi) is 6.66. The van der Waals surface area contributed by atoms with Crippen LogP contribution in [0.25, 0.3) is 0 Å². The lowest BCUT2D eigenvalue weighted by molar-refractivity contribution is 0.184. The highest BCUT2D eigenvalue weighted by molar-refractivity contribution is 5.75. The fourth-order valence-electron chi connectivity index (χ4n) is 3.04. The van der Waals surface area contributed by atoms with Crippen LogP contribution in [-0.2, 0) is 7.05 Å². The van der Waals surface area contributed by atoms with Gasteiger partial charge in [-0.1, -0.05) is 26.0 Å². The molecule has 6 nitrogen and oxygen atoms in total. The standard InChI is InChI=1S/C20H30N4O2/c1-14(2)12-15(3)24(5)20(25)22-18(19-21-10-11-23(19)4)16-8-7-9-17(13-16)26-6/h7-11,13-15,18H,12H2,1-6H3,(H,22,25). The molecule has 1 aromatic heterocycles. The number of aryl methyl sites for hydroxylation is 1. The molecule has 0 aliphatic carbocycles. The SMILES string of the molecule is COc1cccc(C(NC(=O)N(C)C(C)CC(C)C)c2nccn2C)c1. The summed E-state index contributed by atoms with van der Waals surface area (Å²) < 4.78 is 7.26. The monoisotopic (exact) mass is 358 g/mol. The van der Waals surface area contributed by atoms with Crippen LogP contribution in [0, 0.1) is 5.92 Å². The van der Waals surface area contributed by atoms with E-state index >= 15 is 0 Å². The Morgan fingerprint density at radius 1 is 1.35 bits per heavy atom. The zero-order valence-electron chi connectivity index (χ0n) is 16.6. The van der Waals surface area contributed by atoms with Crippen molar-refractivity contribution in [3.8, 4) is 5.75 Å². The first kappa shape index (κ1) is 19.8. The highest BCUT2D eigenvalue weighted by Gasteiger charge is 2.24. The van der Waals surface area contributed by atoms with E-state index in [1.165, 1.54) is 0 Å². The molecule has 26 heavy (non-hydrogen) atoms. The second-order valence-electron chi connectivity index (χ2n) is 7.14. The highest BCUT2D eigenvalue weighted by Crippen LogP contribution is 2.24. The fraction of sp³-hybridized carbons (Fsp3) is 0.500. The number of benzene rings is 1. The summed E-state index contributed by atoms with van der Waals surface area (Å²) in [7, 11) is 5.39. The smallest absolute Gasteiger partial charge is 0.318 e. The van der Waals surface area contributed by atoms with Gasteiger partial charge >= 0.3 is 6.03 Å². The molecule has 1 aromatic carbocycles. The van der Waals surface area contributed by atoms with Crippen molar-refractivity contribution in [2.24, 2.45) is 13.0 Å². The van der Waals surface area contributed by atoms with E-state index in [0.717, 1.165) is 23.6 Å². The van der Waals surface area contributed by atoms with Crippen molar-refractivity contribution in [2.75, 3.05) is 14.2 Å². The number of hydrogen-bond donors (Lipinski definition) is 1. The molecule has 0 fully saturated rings. The number of carbonyl (C=O) groups excluding carboxylic acids is 1. The van der Waals surface area contributed by atoms with Crippen LogP contribution < -0.4 is 10.1 Å². The maximum atomic E-state index is 12.9. The summed E-state index contributed by atoms with van der Waals surface area (Å²) in [6.45, 7) is 6.39. The van der Waals surface area contributed by atoms with E-state index in [1.807, 2.05) is 49.1 Å². The van der Waals surface area contributed by atoms with Gasteiger partial charge in [0.05, 0.1) is 7.11 Å². The number of nitrogens with zero attached hydrogens (tertiary/aromatic N) is 3. The van der Waals surface area contributed by atoms with Gasteiger partial charge in [-0.25, -0.2) is 9.78 Å². The number of methoxy groups -OCH3 is 1. The highest BCUT2D eigenvalue weighted by atomic mass is 16.5. The first-order valence-electron chi connectivity index (χ1n) is 8.98. The summed E-state index contributed by atoms with van der Waals surface area (Å²) in [6, 6.07) is 7.39. The van der Waals surface area contributed by atoms with Crippen LogP contribution >= 0.6 is 0 Å². The van der Waals surface area contributed by atoms with Crippen molar-refractivity contribution >= 4 is 6.03 Å². The van der Waals surface area contributed by atoms with Gasteiger partial charge in [-0.15, -0.1) is 0 Å². The second kappa shape index (κ2) is 8.74. The summed E-state index contributed by atoms with van der Waals surface area (Å²) in [5, 5.41) is 3.13. The molecule has 2 atom stereocenters. The quantitative estimate of drug-likeness (QED) is 0.823. The maximum absolute atomic E-state index is 12.9. The molecule has 142 valence electrons. The third-order valence-electron chi connectivity index (χ3n) is 4.61. The third-order valence-corrected chi connectivity index (χ3v) is 4.61. The zero-order chi connectivity index (χ0) is 19.3. The summed E-state index contributed by atoms with van der Waals surface area (Å²) in [6.07, 6.45) is 4.57. The van der Waals surface area contributed by atoms with E-state index in [4.69, 9.17) is 4.74 Å². The van der Waals surface area contributed by atoms with E-state index in [2.05, 4.69) is 31.1 Å². The van der Waals surface area contributed by atoms with Gasteiger partial charge < -0.3 is 19.5 Å². The Labute approximate surface area is 156 Å². The molecule has 1 heterocycles. The van der Waals surface area contributed by atoms with Crippen LogP contribution in [0.15, 0.2) is 36.7 Å². The van der Waals surface area contributed by atoms with Gasteiger partial charge in [0.1, 0.15) is 17.6 Å². The molecule has 2 amide bonds. The first-order valence-corrected chi connectivity index (χ1v) is 8.98. The summed E-state index contributed by atoms with van der Waals surface area (Å²) in [5.41, 5.74) is 0.928. The van der Waals surface area contributed by atoms with E-state index in [0.29, 0.717) is 5.92 Å². The third kappa shape index (κ3) is 4.77. The van der Waals surface area contributed by atoms with Gasteiger partial charge in [-0.3, -0.25) is 0 Å². The average Bonchev–Trinajstić information content (AvgIpc) is 3.03. The predicted octanol–water partition coefficient (Wildman–Crippen LogP) is 3.59. The molecule has 2 rings (SSSR count). The molecule has 2 unspecified atom stereocenters. The number of aromatic nitrogens is 2. The van der Waals surface area contributed by atoms with Crippen molar-refractivity contribution in [3.05, 3.63) is 48.0 Å². The number of imidazole rings is 1. The number of urea groups is 1. The molecule has 0 saturated carbocycles. The molecule has 0 spiro atoms. The Balaban J connectivity index is 2.27. The van der Waals surface area contributed by atoms with Crippen LogP contribution in [0.4, 0.5) is 4.79 Å². The number of carbonyl (C=O) groups is 1. The Morgan fingerprint density at radius 2 is 2.08 bits per heavy atom. The lowest BCUT2D eigenvalue weighted by Crippen LogP contribution is -2.44. The second-order valence-corrected chi connectivity index (χ2v) is 7.14. The molecule has 0 aliphatic rings. The van der Waals surface area contributed by atoms with Gasteiger partial charge in [0.25, 0.3) is 0 Å². The van der Waals surface area contributed by atoms with Gasteiger partial charge in [-0.05, 0) is 37.0 Å². The first-order chi connectivity index (χ1) is 12.3. The Hall–Kier alpha value is -2.50. The van der Waals surface area contributed by atoms with Crippen molar-refractivity contribution < 1.29 is 9.53 Å². The fourth-order valence-corrected chi connectivity index (χ4v) is 3.04. The van der Waals surface area contributed by atoms with Gasteiger partial charge in [-0.2, -0.15) is 0 Å². The minimum absolute atomic E-state index is 0.117. The van der Waals surface area contributed by atoms with Gasteiger partial charge in [0, 0.05) is 32.5 Å². The van der Waals surface area contributed by atoms with Crippen molar-refractivity contribution in [1.82, 2.24) is 19.8 Å². The number of ether oxygens (including phenoxy) is 1. The largest absolute Gasteiger partial charge is 0.497 e. The number of amides is 2. The lowest BCUT2D eigenvalue weighted by Gasteiger charge is -2.29. The molecule has 0 bridgehead atoms. The molecule has 1 N–H and O–H groups in total. The van der Waals surface area contributed by atoms with Crippen LogP contribution in [0.1, 0.15) is 44.6 Å². The number of hydrogen-bond acceptors (Lipinski definition) is 3. The van der Waals surface area contributed by atoms with Crippen molar-refractivity contribution in [2.45, 2.75) is 39.3 Å².